The average Bonchev–Trinajstić information content (AvgIpc) is 3.41. The van der Waals surface area contributed by atoms with Gasteiger partial charge in [-0.1, -0.05) is 6.07 Å². The van der Waals surface area contributed by atoms with Crippen LogP contribution in [-0.2, 0) is 11.2 Å². The minimum Gasteiger partial charge on any atom is -0.493 e. The van der Waals surface area contributed by atoms with Crippen molar-refractivity contribution in [2.24, 2.45) is 0 Å². The van der Waals surface area contributed by atoms with Crippen LogP contribution in [0.3, 0.4) is 0 Å². The zero-order valence-electron chi connectivity index (χ0n) is 21.2. The van der Waals surface area contributed by atoms with E-state index in [2.05, 4.69) is 10.2 Å². The van der Waals surface area contributed by atoms with E-state index in [0.717, 1.165) is 36.7 Å². The number of hydrogen-bond acceptors (Lipinski definition) is 7. The van der Waals surface area contributed by atoms with Crippen LogP contribution in [0.15, 0.2) is 36.4 Å². The van der Waals surface area contributed by atoms with E-state index in [1.54, 1.807) is 32.4 Å². The second kappa shape index (κ2) is 12.6. The van der Waals surface area contributed by atoms with Gasteiger partial charge >= 0.3 is 0 Å². The molecular formula is C28H36N2O6. The first-order chi connectivity index (χ1) is 17.6. The molecule has 2 aromatic rings. The van der Waals surface area contributed by atoms with Crippen LogP contribution >= 0.6 is 0 Å². The van der Waals surface area contributed by atoms with E-state index in [-0.39, 0.29) is 17.7 Å². The lowest BCUT2D eigenvalue weighted by atomic mass is 10.0. The van der Waals surface area contributed by atoms with E-state index in [1.165, 1.54) is 12.8 Å². The Morgan fingerprint density at radius 1 is 0.944 bits per heavy atom. The Balaban J connectivity index is 1.31. The number of ketones is 1. The molecule has 2 aliphatic rings. The largest absolute Gasteiger partial charge is 0.493 e. The Morgan fingerprint density at radius 2 is 1.69 bits per heavy atom. The van der Waals surface area contributed by atoms with Crippen LogP contribution in [0.4, 0.5) is 0 Å². The summed E-state index contributed by atoms with van der Waals surface area (Å²) in [4.78, 5) is 27.9. The van der Waals surface area contributed by atoms with Crippen molar-refractivity contribution in [2.75, 3.05) is 47.1 Å². The third-order valence-corrected chi connectivity index (χ3v) is 6.64. The standard InChI is InChI=1S/C28H36N2O6/c1-33-24-11-9-21(18-26(24)34-2)23(31)6-5-7-28(32)29-22(19-30-12-3-4-13-30)16-20-8-10-25-27(17-20)36-15-14-35-25/h8-11,17-18,22H,3-7,12-16,19H2,1-2H3,(H,29,32)/t22-/m0/s1. The first kappa shape index (κ1) is 25.8. The number of amides is 1. The van der Waals surface area contributed by atoms with E-state index in [0.29, 0.717) is 56.0 Å². The summed E-state index contributed by atoms with van der Waals surface area (Å²) in [5, 5.41) is 3.22. The van der Waals surface area contributed by atoms with Crippen molar-refractivity contribution in [3.8, 4) is 23.0 Å². The molecule has 1 N–H and O–H groups in total. The number of nitrogens with one attached hydrogen (secondary N) is 1. The molecule has 2 heterocycles. The first-order valence-corrected chi connectivity index (χ1v) is 12.7. The minimum absolute atomic E-state index is 0.0142. The Hall–Kier alpha value is -3.26. The number of rotatable bonds is 12. The van der Waals surface area contributed by atoms with Gasteiger partial charge in [-0.25, -0.2) is 0 Å². The lowest BCUT2D eigenvalue weighted by Gasteiger charge is -2.25. The summed E-state index contributed by atoms with van der Waals surface area (Å²) in [6.07, 6.45) is 4.19. The number of likely N-dealkylation sites (tertiary alicyclic amines) is 1. The zero-order chi connectivity index (χ0) is 25.3. The number of fused-ring (bicyclic) bond motifs is 1. The highest BCUT2D eigenvalue weighted by molar-refractivity contribution is 5.96. The maximum atomic E-state index is 12.8. The third-order valence-electron chi connectivity index (χ3n) is 6.64. The van der Waals surface area contributed by atoms with Gasteiger partial charge in [0, 0.05) is 31.0 Å². The fourth-order valence-corrected chi connectivity index (χ4v) is 4.80. The molecule has 0 radical (unpaired) electrons. The number of carbonyl (C=O) groups is 2. The van der Waals surface area contributed by atoms with Crippen molar-refractivity contribution < 1.29 is 28.5 Å². The van der Waals surface area contributed by atoms with Crippen LogP contribution < -0.4 is 24.3 Å². The van der Waals surface area contributed by atoms with Crippen LogP contribution in [0.25, 0.3) is 0 Å². The summed E-state index contributed by atoms with van der Waals surface area (Å²) in [7, 11) is 3.10. The van der Waals surface area contributed by atoms with Gasteiger partial charge in [0.1, 0.15) is 13.2 Å². The average molecular weight is 497 g/mol. The monoisotopic (exact) mass is 496 g/mol. The van der Waals surface area contributed by atoms with Gasteiger partial charge in [-0.15, -0.1) is 0 Å². The zero-order valence-corrected chi connectivity index (χ0v) is 21.2. The van der Waals surface area contributed by atoms with E-state index in [1.807, 2.05) is 18.2 Å². The smallest absolute Gasteiger partial charge is 0.220 e. The summed E-state index contributed by atoms with van der Waals surface area (Å²) in [6, 6.07) is 11.1. The first-order valence-electron chi connectivity index (χ1n) is 12.7. The Morgan fingerprint density at radius 3 is 2.44 bits per heavy atom. The second-order valence-corrected chi connectivity index (χ2v) is 9.30. The molecule has 8 heteroatoms. The molecule has 8 nitrogen and oxygen atoms in total. The number of carbonyl (C=O) groups excluding carboxylic acids is 2. The van der Waals surface area contributed by atoms with Crippen molar-refractivity contribution in [3.63, 3.8) is 0 Å². The predicted molar refractivity (Wildman–Crippen MR) is 136 cm³/mol. The lowest BCUT2D eigenvalue weighted by molar-refractivity contribution is -0.122. The highest BCUT2D eigenvalue weighted by atomic mass is 16.6. The van der Waals surface area contributed by atoms with E-state index in [4.69, 9.17) is 18.9 Å². The van der Waals surface area contributed by atoms with E-state index < -0.39 is 0 Å². The topological polar surface area (TPSA) is 86.3 Å². The van der Waals surface area contributed by atoms with Crippen molar-refractivity contribution >= 4 is 11.7 Å². The number of Topliss-reactive ketones (excluding diaryl/α,β-unsaturated/α-hetero) is 1. The van der Waals surface area contributed by atoms with E-state index >= 15 is 0 Å². The lowest BCUT2D eigenvalue weighted by Crippen LogP contribution is -2.44. The molecular weight excluding hydrogens is 460 g/mol. The predicted octanol–water partition coefficient (Wildman–Crippen LogP) is 3.65. The van der Waals surface area contributed by atoms with Crippen LogP contribution in [0.1, 0.15) is 48.0 Å². The SMILES string of the molecule is COc1ccc(C(=O)CCCC(=O)N[C@@H](Cc2ccc3c(c2)OCCO3)CN2CCCC2)cc1OC. The molecule has 36 heavy (non-hydrogen) atoms. The molecule has 0 aliphatic carbocycles. The Labute approximate surface area is 212 Å². The second-order valence-electron chi connectivity index (χ2n) is 9.30. The van der Waals surface area contributed by atoms with Crippen LogP contribution in [0.5, 0.6) is 23.0 Å². The summed E-state index contributed by atoms with van der Waals surface area (Å²) in [6.45, 7) is 4.05. The molecule has 0 bridgehead atoms. The van der Waals surface area contributed by atoms with Gasteiger partial charge in [-0.3, -0.25) is 9.59 Å². The van der Waals surface area contributed by atoms with Gasteiger partial charge in [0.2, 0.25) is 5.91 Å². The number of hydrogen-bond donors (Lipinski definition) is 1. The molecule has 0 unspecified atom stereocenters. The summed E-state index contributed by atoms with van der Waals surface area (Å²) in [5.74, 6) is 2.58. The molecule has 1 amide bonds. The van der Waals surface area contributed by atoms with E-state index in [9.17, 15) is 9.59 Å². The molecule has 4 rings (SSSR count). The molecule has 1 fully saturated rings. The van der Waals surface area contributed by atoms with Crippen molar-refractivity contribution in [1.29, 1.82) is 0 Å². The van der Waals surface area contributed by atoms with Crippen molar-refractivity contribution in [1.82, 2.24) is 10.2 Å². The molecule has 0 saturated carbocycles. The van der Waals surface area contributed by atoms with Crippen LogP contribution in [0, 0.1) is 0 Å². The molecule has 2 aliphatic heterocycles. The molecule has 1 atom stereocenters. The molecule has 2 aromatic carbocycles. The third kappa shape index (κ3) is 6.91. The number of nitrogens with zero attached hydrogens (tertiary/aromatic N) is 1. The quantitative estimate of drug-likeness (QED) is 0.449. The van der Waals surface area contributed by atoms with Gasteiger partial charge in [0.25, 0.3) is 0 Å². The number of ether oxygens (including phenoxy) is 4. The minimum atomic E-state index is -0.0307. The number of methoxy groups -OCH3 is 2. The fourth-order valence-electron chi connectivity index (χ4n) is 4.80. The molecule has 1 saturated heterocycles. The van der Waals surface area contributed by atoms with Crippen molar-refractivity contribution in [2.45, 2.75) is 44.6 Å². The summed E-state index contributed by atoms with van der Waals surface area (Å²) >= 11 is 0. The Bertz CT molecular complexity index is 1050. The molecule has 194 valence electrons. The molecule has 0 spiro atoms. The van der Waals surface area contributed by atoms with Crippen LogP contribution in [-0.4, -0.2) is 69.7 Å². The highest BCUT2D eigenvalue weighted by Gasteiger charge is 2.21. The maximum absolute atomic E-state index is 12.8. The summed E-state index contributed by atoms with van der Waals surface area (Å²) < 4.78 is 21.9. The highest BCUT2D eigenvalue weighted by Crippen LogP contribution is 2.31. The van der Waals surface area contributed by atoms with Gasteiger partial charge in [0.05, 0.1) is 14.2 Å². The number of benzene rings is 2. The summed E-state index contributed by atoms with van der Waals surface area (Å²) in [5.41, 5.74) is 1.66. The van der Waals surface area contributed by atoms with Gasteiger partial charge < -0.3 is 29.2 Å². The van der Waals surface area contributed by atoms with Gasteiger partial charge in [-0.05, 0) is 74.7 Å². The Kier molecular flexibility index (Phi) is 9.06. The maximum Gasteiger partial charge on any atom is 0.220 e. The van der Waals surface area contributed by atoms with Crippen LogP contribution in [0.2, 0.25) is 0 Å². The van der Waals surface area contributed by atoms with Gasteiger partial charge in [0.15, 0.2) is 28.8 Å². The fraction of sp³-hybridized carbons (Fsp3) is 0.500. The van der Waals surface area contributed by atoms with Crippen molar-refractivity contribution in [3.05, 3.63) is 47.5 Å². The van der Waals surface area contributed by atoms with Gasteiger partial charge in [-0.2, -0.15) is 0 Å². The molecule has 0 aromatic heterocycles. The normalized spacial score (nSPS) is 15.8.